The quantitative estimate of drug-likeness (QED) is 0.839. The molecule has 1 aromatic carbocycles. The Hall–Kier alpha value is -0.910. The number of hydrogen-bond acceptors (Lipinski definition) is 3. The van der Waals surface area contributed by atoms with Crippen molar-refractivity contribution in [2.24, 2.45) is 5.73 Å². The van der Waals surface area contributed by atoms with E-state index in [9.17, 15) is 4.79 Å². The fraction of sp³-hybridized carbons (Fsp3) is 0.500. The van der Waals surface area contributed by atoms with Gasteiger partial charge < -0.3 is 11.1 Å². The smallest absolute Gasteiger partial charge is 0.233 e. The molecule has 0 radical (unpaired) electrons. The predicted octanol–water partition coefficient (Wildman–Crippen LogP) is 1.91. The van der Waals surface area contributed by atoms with Crippen LogP contribution in [0.5, 0.6) is 0 Å². The van der Waals surface area contributed by atoms with E-state index in [2.05, 4.69) is 34.2 Å². The average molecular weight is 328 g/mol. The fourth-order valence-corrected chi connectivity index (χ4v) is 2.56. The van der Waals surface area contributed by atoms with Crippen molar-refractivity contribution in [3.8, 4) is 0 Å². The summed E-state index contributed by atoms with van der Waals surface area (Å²) in [6.45, 7) is 2.39. The van der Waals surface area contributed by atoms with Gasteiger partial charge in [-0.05, 0) is 31.2 Å². The van der Waals surface area contributed by atoms with Gasteiger partial charge in [-0.1, -0.05) is 35.0 Å². The molecule has 5 heteroatoms. The van der Waals surface area contributed by atoms with Gasteiger partial charge >= 0.3 is 0 Å². The monoisotopic (exact) mass is 327 g/mol. The lowest BCUT2D eigenvalue weighted by Gasteiger charge is -2.32. The molecule has 1 rings (SSSR count). The van der Waals surface area contributed by atoms with Crippen molar-refractivity contribution in [3.05, 3.63) is 34.3 Å². The first-order chi connectivity index (χ1) is 8.99. The third-order valence-corrected chi connectivity index (χ3v) is 3.71. The molecule has 2 unspecified atom stereocenters. The zero-order valence-electron chi connectivity index (χ0n) is 11.7. The summed E-state index contributed by atoms with van der Waals surface area (Å²) in [6, 6.07) is 8.09. The maximum absolute atomic E-state index is 11.5. The molecule has 0 bridgehead atoms. The molecule has 3 N–H and O–H groups in total. The van der Waals surface area contributed by atoms with Gasteiger partial charge in [0.15, 0.2) is 0 Å². The molecule has 1 amide bonds. The minimum Gasteiger partial charge on any atom is -0.358 e. The minimum absolute atomic E-state index is 0.00852. The molecule has 0 aliphatic heterocycles. The highest BCUT2D eigenvalue weighted by molar-refractivity contribution is 9.10. The Labute approximate surface area is 123 Å². The van der Waals surface area contributed by atoms with Gasteiger partial charge in [0.25, 0.3) is 0 Å². The maximum Gasteiger partial charge on any atom is 0.233 e. The largest absolute Gasteiger partial charge is 0.358 e. The third kappa shape index (κ3) is 4.60. The van der Waals surface area contributed by atoms with Crippen LogP contribution in [0, 0.1) is 0 Å². The zero-order chi connectivity index (χ0) is 14.4. The summed E-state index contributed by atoms with van der Waals surface area (Å²) in [5.41, 5.74) is 7.35. The predicted molar refractivity (Wildman–Crippen MR) is 81.8 cm³/mol. The number of carbonyl (C=O) groups is 1. The van der Waals surface area contributed by atoms with E-state index in [4.69, 9.17) is 5.73 Å². The van der Waals surface area contributed by atoms with Crippen molar-refractivity contribution >= 4 is 21.8 Å². The molecular formula is C14H22BrN3O. The highest BCUT2D eigenvalue weighted by Gasteiger charge is 2.24. The topological polar surface area (TPSA) is 58.4 Å². The first-order valence-corrected chi connectivity index (χ1v) is 7.20. The van der Waals surface area contributed by atoms with Crippen LogP contribution in [0.25, 0.3) is 0 Å². The third-order valence-electron chi connectivity index (χ3n) is 3.21. The van der Waals surface area contributed by atoms with Crippen LogP contribution < -0.4 is 11.1 Å². The summed E-state index contributed by atoms with van der Waals surface area (Å²) in [7, 11) is 3.57. The molecule has 0 aromatic heterocycles. The van der Waals surface area contributed by atoms with Crippen molar-refractivity contribution in [1.29, 1.82) is 0 Å². The second-order valence-corrected chi connectivity index (χ2v) is 5.58. The summed E-state index contributed by atoms with van der Waals surface area (Å²) in [4.78, 5) is 13.5. The Balaban J connectivity index is 2.97. The van der Waals surface area contributed by atoms with Crippen LogP contribution >= 0.6 is 15.9 Å². The van der Waals surface area contributed by atoms with Crippen molar-refractivity contribution in [3.63, 3.8) is 0 Å². The second-order valence-electron chi connectivity index (χ2n) is 4.66. The lowest BCUT2D eigenvalue weighted by Crippen LogP contribution is -2.43. The highest BCUT2D eigenvalue weighted by Crippen LogP contribution is 2.26. The molecule has 0 aliphatic rings. The number of rotatable bonds is 6. The Bertz CT molecular complexity index is 425. The lowest BCUT2D eigenvalue weighted by atomic mass is 9.96. The number of carbonyl (C=O) groups excluding carboxylic acids is 1. The van der Waals surface area contributed by atoms with E-state index in [-0.39, 0.29) is 18.0 Å². The van der Waals surface area contributed by atoms with Crippen LogP contribution in [0.1, 0.15) is 24.9 Å². The van der Waals surface area contributed by atoms with E-state index in [0.29, 0.717) is 6.54 Å². The molecule has 0 spiro atoms. The number of nitrogens with two attached hydrogens (primary N) is 1. The number of halogens is 1. The number of benzene rings is 1. The van der Waals surface area contributed by atoms with Gasteiger partial charge in [0.2, 0.25) is 5.91 Å². The number of nitrogens with one attached hydrogen (secondary N) is 1. The van der Waals surface area contributed by atoms with E-state index in [0.717, 1.165) is 16.5 Å². The van der Waals surface area contributed by atoms with E-state index >= 15 is 0 Å². The van der Waals surface area contributed by atoms with Crippen LogP contribution in [-0.2, 0) is 4.79 Å². The normalized spacial score (nSPS) is 14.2. The first kappa shape index (κ1) is 16.1. The maximum atomic E-state index is 11.5. The number of nitrogens with zero attached hydrogens (tertiary/aromatic N) is 1. The molecule has 1 aromatic rings. The van der Waals surface area contributed by atoms with Crippen LogP contribution in [0.15, 0.2) is 28.7 Å². The molecule has 0 heterocycles. The molecule has 4 nitrogen and oxygen atoms in total. The number of likely N-dealkylation sites (N-methyl/N-ethyl adjacent to an activating group) is 2. The van der Waals surface area contributed by atoms with E-state index in [1.807, 2.05) is 30.1 Å². The SMILES string of the molecule is CCC(N)C(c1cccc(Br)c1)N(C)CC(=O)NC. The summed E-state index contributed by atoms with van der Waals surface area (Å²) in [6.07, 6.45) is 0.856. The van der Waals surface area contributed by atoms with Gasteiger partial charge in [0, 0.05) is 17.6 Å². The fourth-order valence-electron chi connectivity index (χ4n) is 2.15. The molecular weight excluding hydrogens is 306 g/mol. The molecule has 106 valence electrons. The van der Waals surface area contributed by atoms with Gasteiger partial charge in [-0.3, -0.25) is 9.69 Å². The Morgan fingerprint density at radius 2 is 2.21 bits per heavy atom. The van der Waals surface area contributed by atoms with Gasteiger partial charge in [0.1, 0.15) is 0 Å². The standard InChI is InChI=1S/C14H22BrN3O/c1-4-12(16)14(18(3)9-13(19)17-2)10-6-5-7-11(15)8-10/h5-8,12,14H,4,9,16H2,1-3H3,(H,17,19). The Kier molecular flexibility index (Phi) is 6.48. The molecule has 0 fully saturated rings. The summed E-state index contributed by atoms with van der Waals surface area (Å²) >= 11 is 3.48. The minimum atomic E-state index is -0.0102. The van der Waals surface area contributed by atoms with Crippen LogP contribution in [0.2, 0.25) is 0 Å². The van der Waals surface area contributed by atoms with Gasteiger partial charge in [-0.25, -0.2) is 0 Å². The second kappa shape index (κ2) is 7.62. The summed E-state index contributed by atoms with van der Waals surface area (Å²) in [5.74, 6) is -0.00852. The molecule has 0 saturated heterocycles. The van der Waals surface area contributed by atoms with Crippen molar-refractivity contribution in [1.82, 2.24) is 10.2 Å². The lowest BCUT2D eigenvalue weighted by molar-refractivity contribution is -0.122. The molecule has 19 heavy (non-hydrogen) atoms. The van der Waals surface area contributed by atoms with Crippen LogP contribution in [0.4, 0.5) is 0 Å². The van der Waals surface area contributed by atoms with Crippen LogP contribution in [0.3, 0.4) is 0 Å². The summed E-state index contributed by atoms with van der Waals surface area (Å²) in [5, 5.41) is 2.64. The number of hydrogen-bond donors (Lipinski definition) is 2. The number of amides is 1. The van der Waals surface area contributed by atoms with E-state index in [1.54, 1.807) is 7.05 Å². The molecule has 2 atom stereocenters. The highest BCUT2D eigenvalue weighted by atomic mass is 79.9. The van der Waals surface area contributed by atoms with Crippen LogP contribution in [-0.4, -0.2) is 37.5 Å². The van der Waals surface area contributed by atoms with Crippen molar-refractivity contribution < 1.29 is 4.79 Å². The summed E-state index contributed by atoms with van der Waals surface area (Å²) < 4.78 is 1.02. The van der Waals surface area contributed by atoms with Crippen molar-refractivity contribution in [2.75, 3.05) is 20.6 Å². The first-order valence-electron chi connectivity index (χ1n) is 6.41. The molecule has 0 saturated carbocycles. The zero-order valence-corrected chi connectivity index (χ0v) is 13.3. The Morgan fingerprint density at radius 1 is 1.53 bits per heavy atom. The van der Waals surface area contributed by atoms with Gasteiger partial charge in [0.05, 0.1) is 12.6 Å². The van der Waals surface area contributed by atoms with E-state index in [1.165, 1.54) is 0 Å². The van der Waals surface area contributed by atoms with E-state index < -0.39 is 0 Å². The average Bonchev–Trinajstić information content (AvgIpc) is 2.38. The van der Waals surface area contributed by atoms with Crippen molar-refractivity contribution in [2.45, 2.75) is 25.4 Å². The van der Waals surface area contributed by atoms with Gasteiger partial charge in [-0.15, -0.1) is 0 Å². The van der Waals surface area contributed by atoms with Gasteiger partial charge in [-0.2, -0.15) is 0 Å². The molecule has 0 aliphatic carbocycles. The Morgan fingerprint density at radius 3 is 2.74 bits per heavy atom.